The lowest BCUT2D eigenvalue weighted by Crippen LogP contribution is -2.50. The summed E-state index contributed by atoms with van der Waals surface area (Å²) in [6, 6.07) is 14.6. The molecule has 0 radical (unpaired) electrons. The van der Waals surface area contributed by atoms with Gasteiger partial charge in [-0.3, -0.25) is 29.6 Å². The Balaban J connectivity index is 1.39. The van der Waals surface area contributed by atoms with Crippen LogP contribution in [0.15, 0.2) is 73.1 Å². The number of benzene rings is 2. The van der Waals surface area contributed by atoms with Gasteiger partial charge in [0, 0.05) is 68.7 Å². The van der Waals surface area contributed by atoms with Gasteiger partial charge in [-0.15, -0.1) is 0 Å². The van der Waals surface area contributed by atoms with Gasteiger partial charge in [0.05, 0.1) is 16.8 Å². The molecule has 9 nitrogen and oxygen atoms in total. The van der Waals surface area contributed by atoms with Crippen molar-refractivity contribution in [2.75, 3.05) is 44.2 Å². The molecule has 0 unspecified atom stereocenters. The molecule has 0 atom stereocenters. The van der Waals surface area contributed by atoms with Crippen molar-refractivity contribution in [3.05, 3.63) is 100 Å². The predicted octanol–water partition coefficient (Wildman–Crippen LogP) is 3.23. The van der Waals surface area contributed by atoms with E-state index in [1.54, 1.807) is 34.3 Å². The fourth-order valence-corrected chi connectivity index (χ4v) is 3.93. The lowest BCUT2D eigenvalue weighted by molar-refractivity contribution is -0.384. The molecule has 1 aliphatic heterocycles. The maximum Gasteiger partial charge on any atom is 0.269 e. The highest BCUT2D eigenvalue weighted by Crippen LogP contribution is 2.19. The number of pyridine rings is 1. The second-order valence-corrected chi connectivity index (χ2v) is 8.11. The van der Waals surface area contributed by atoms with E-state index in [4.69, 9.17) is 0 Å². The zero-order valence-electron chi connectivity index (χ0n) is 18.9. The number of nitrogens with zero attached hydrogens (tertiary/aromatic N) is 5. The molecule has 1 aromatic heterocycles. The highest BCUT2D eigenvalue weighted by molar-refractivity contribution is 6.06. The molecule has 2 aromatic carbocycles. The Labute approximate surface area is 201 Å². The lowest BCUT2D eigenvalue weighted by atomic mass is 10.1. The fourth-order valence-electron chi connectivity index (χ4n) is 3.93. The first-order valence-corrected chi connectivity index (χ1v) is 11.2. The number of hydrogen-bond donors (Lipinski definition) is 0. The third kappa shape index (κ3) is 5.85. The number of non-ortho nitro benzene ring substituents is 1. The molecule has 2 heterocycles. The van der Waals surface area contributed by atoms with E-state index in [1.807, 2.05) is 0 Å². The molecule has 2 amide bonds. The van der Waals surface area contributed by atoms with Gasteiger partial charge in [0.25, 0.3) is 17.5 Å². The van der Waals surface area contributed by atoms with E-state index >= 15 is 0 Å². The van der Waals surface area contributed by atoms with Crippen LogP contribution in [0.3, 0.4) is 0 Å². The number of carbonyl (C=O) groups excluding carboxylic acids is 2. The van der Waals surface area contributed by atoms with Gasteiger partial charge in [-0.2, -0.15) is 0 Å². The Bertz CT molecular complexity index is 1180. The monoisotopic (exact) mass is 477 g/mol. The molecule has 1 fully saturated rings. The van der Waals surface area contributed by atoms with Gasteiger partial charge in [0.15, 0.2) is 0 Å². The van der Waals surface area contributed by atoms with Crippen LogP contribution >= 0.6 is 0 Å². The molecule has 35 heavy (non-hydrogen) atoms. The minimum absolute atomic E-state index is 0.0810. The summed E-state index contributed by atoms with van der Waals surface area (Å²) in [6.07, 6.45) is 3.22. The maximum absolute atomic E-state index is 13.3. The van der Waals surface area contributed by atoms with Crippen LogP contribution in [0.25, 0.3) is 0 Å². The molecule has 0 bridgehead atoms. The van der Waals surface area contributed by atoms with Gasteiger partial charge in [-0.25, -0.2) is 4.39 Å². The molecule has 1 saturated heterocycles. The quantitative estimate of drug-likeness (QED) is 0.383. The molecule has 0 aliphatic carbocycles. The lowest BCUT2D eigenvalue weighted by Gasteiger charge is -2.36. The second kappa shape index (κ2) is 10.8. The fraction of sp³-hybridized carbons (Fsp3) is 0.240. The van der Waals surface area contributed by atoms with Crippen molar-refractivity contribution < 1.29 is 18.9 Å². The average Bonchev–Trinajstić information content (AvgIpc) is 2.90. The number of piperazine rings is 1. The first-order valence-electron chi connectivity index (χ1n) is 11.2. The first-order chi connectivity index (χ1) is 16.9. The van der Waals surface area contributed by atoms with Gasteiger partial charge in [-0.1, -0.05) is 0 Å². The van der Waals surface area contributed by atoms with Crippen LogP contribution in [-0.2, 0) is 0 Å². The smallest absolute Gasteiger partial charge is 0.269 e. The second-order valence-electron chi connectivity index (χ2n) is 8.11. The van der Waals surface area contributed by atoms with Crippen LogP contribution < -0.4 is 4.90 Å². The Morgan fingerprint density at radius 2 is 1.63 bits per heavy atom. The summed E-state index contributed by atoms with van der Waals surface area (Å²) in [6.45, 7) is 3.29. The number of carbonyl (C=O) groups is 2. The van der Waals surface area contributed by atoms with Crippen LogP contribution in [0.2, 0.25) is 0 Å². The van der Waals surface area contributed by atoms with Crippen LogP contribution in [0.1, 0.15) is 20.7 Å². The summed E-state index contributed by atoms with van der Waals surface area (Å²) in [5.41, 5.74) is 1.34. The predicted molar refractivity (Wildman–Crippen MR) is 128 cm³/mol. The zero-order valence-corrected chi connectivity index (χ0v) is 18.9. The number of rotatable bonds is 7. The number of nitro benzene ring substituents is 1. The van der Waals surface area contributed by atoms with Crippen LogP contribution in [0, 0.1) is 15.9 Å². The largest absolute Gasteiger partial charge is 0.336 e. The number of anilines is 1. The molecule has 1 aliphatic rings. The number of amides is 2. The molecular weight excluding hydrogens is 453 g/mol. The third-order valence-corrected chi connectivity index (χ3v) is 5.92. The first kappa shape index (κ1) is 24.0. The highest BCUT2D eigenvalue weighted by Gasteiger charge is 2.24. The molecule has 0 spiro atoms. The van der Waals surface area contributed by atoms with E-state index in [9.17, 15) is 24.1 Å². The standard InChI is InChI=1S/C25H24FN5O4/c26-21-7-3-19(4-8-21)24(32)29-15-12-28(13-16-29)14-17-30(23-2-1-11-27-18-23)25(33)20-5-9-22(10-6-20)31(34)35/h1-11,18H,12-17H2. The van der Waals surface area contributed by atoms with Gasteiger partial charge in [0.2, 0.25) is 0 Å². The van der Waals surface area contributed by atoms with Crippen molar-refractivity contribution in [3.63, 3.8) is 0 Å². The van der Waals surface area contributed by atoms with E-state index in [-0.39, 0.29) is 23.3 Å². The van der Waals surface area contributed by atoms with E-state index < -0.39 is 4.92 Å². The zero-order chi connectivity index (χ0) is 24.8. The summed E-state index contributed by atoms with van der Waals surface area (Å²) in [7, 11) is 0. The van der Waals surface area contributed by atoms with Gasteiger partial charge in [0.1, 0.15) is 5.82 Å². The van der Waals surface area contributed by atoms with Crippen molar-refractivity contribution in [1.82, 2.24) is 14.8 Å². The molecular formula is C25H24FN5O4. The molecule has 10 heteroatoms. The van der Waals surface area contributed by atoms with Crippen LogP contribution in [-0.4, -0.2) is 70.8 Å². The van der Waals surface area contributed by atoms with Gasteiger partial charge < -0.3 is 9.80 Å². The van der Waals surface area contributed by atoms with Crippen LogP contribution in [0.5, 0.6) is 0 Å². The van der Waals surface area contributed by atoms with Crippen molar-refractivity contribution >= 4 is 23.2 Å². The number of halogens is 1. The normalized spacial score (nSPS) is 13.9. The Morgan fingerprint density at radius 3 is 2.23 bits per heavy atom. The summed E-state index contributed by atoms with van der Waals surface area (Å²) in [5.74, 6) is -0.791. The van der Waals surface area contributed by atoms with Crippen molar-refractivity contribution in [3.8, 4) is 0 Å². The third-order valence-electron chi connectivity index (χ3n) is 5.92. The SMILES string of the molecule is O=C(c1ccc(F)cc1)N1CCN(CCN(C(=O)c2ccc([N+](=O)[O-])cc2)c2cccnc2)CC1. The van der Waals surface area contributed by atoms with E-state index in [0.29, 0.717) is 56.1 Å². The van der Waals surface area contributed by atoms with E-state index in [0.717, 1.165) is 0 Å². The van der Waals surface area contributed by atoms with Crippen molar-refractivity contribution in [2.45, 2.75) is 0 Å². The highest BCUT2D eigenvalue weighted by atomic mass is 19.1. The number of hydrogen-bond acceptors (Lipinski definition) is 6. The Hall–Kier alpha value is -4.18. The summed E-state index contributed by atoms with van der Waals surface area (Å²) in [4.78, 5) is 46.0. The molecule has 180 valence electrons. The molecule has 0 saturated carbocycles. The minimum Gasteiger partial charge on any atom is -0.336 e. The average molecular weight is 477 g/mol. The minimum atomic E-state index is -0.506. The Morgan fingerprint density at radius 1 is 0.971 bits per heavy atom. The van der Waals surface area contributed by atoms with Gasteiger partial charge >= 0.3 is 0 Å². The van der Waals surface area contributed by atoms with E-state index in [2.05, 4.69) is 9.88 Å². The van der Waals surface area contributed by atoms with Crippen LogP contribution in [0.4, 0.5) is 15.8 Å². The topological polar surface area (TPSA) is 99.9 Å². The summed E-state index contributed by atoms with van der Waals surface area (Å²) >= 11 is 0. The number of nitro groups is 1. The van der Waals surface area contributed by atoms with Crippen molar-refractivity contribution in [2.24, 2.45) is 0 Å². The Kier molecular flexibility index (Phi) is 7.41. The molecule has 0 N–H and O–H groups in total. The summed E-state index contributed by atoms with van der Waals surface area (Å²) in [5, 5.41) is 10.9. The van der Waals surface area contributed by atoms with Gasteiger partial charge in [-0.05, 0) is 48.5 Å². The molecule has 4 rings (SSSR count). The van der Waals surface area contributed by atoms with Crippen molar-refractivity contribution in [1.29, 1.82) is 0 Å². The molecule has 3 aromatic rings. The number of aromatic nitrogens is 1. The summed E-state index contributed by atoms with van der Waals surface area (Å²) < 4.78 is 13.1. The maximum atomic E-state index is 13.3. The van der Waals surface area contributed by atoms with E-state index in [1.165, 1.54) is 48.5 Å².